The van der Waals surface area contributed by atoms with Crippen LogP contribution >= 0.6 is 7.14 Å². The van der Waals surface area contributed by atoms with Crippen LogP contribution in [0.5, 0.6) is 17.2 Å². The largest absolute Gasteiger partial charge is 0.497 e. The molecule has 0 saturated carbocycles. The summed E-state index contributed by atoms with van der Waals surface area (Å²) in [5, 5.41) is 1.27. The molecule has 8 heteroatoms. The Hall–Kier alpha value is -4.35. The minimum atomic E-state index is -3.24. The Balaban J connectivity index is 1.77. The van der Waals surface area contributed by atoms with E-state index in [-0.39, 0.29) is 23.2 Å². The molecule has 4 rings (SSSR count). The third-order valence-electron chi connectivity index (χ3n) is 6.46. The minimum absolute atomic E-state index is 0.0651. The molecule has 0 saturated heterocycles. The van der Waals surface area contributed by atoms with E-state index in [2.05, 4.69) is 0 Å². The molecule has 4 aromatic rings. The fourth-order valence-corrected chi connectivity index (χ4v) is 7.02. The van der Waals surface area contributed by atoms with Crippen LogP contribution in [0.4, 0.5) is 0 Å². The summed E-state index contributed by atoms with van der Waals surface area (Å²) in [5.74, 6) is 0.375. The van der Waals surface area contributed by atoms with Gasteiger partial charge in [-0.25, -0.2) is 0 Å². The Morgan fingerprint density at radius 2 is 1.18 bits per heavy atom. The standard InChI is InChI=1S/C31H30NO6P/c1-32(21-39(35,24-11-7-5-8-12-24)25-13-9-6-10-14-25)31(34)27-20-29(38-4)28(37-3)19-26(27)30(33)22-15-17-23(36-2)18-16-22/h5-20H,21H2,1-4H3. The number of hydrogen-bond acceptors (Lipinski definition) is 6. The SMILES string of the molecule is COc1ccc(C(=O)c2cc(OC)c(OC)cc2C(=O)N(C)CP(=O)(c2ccccc2)c2ccccc2)cc1. The molecule has 0 radical (unpaired) electrons. The van der Waals surface area contributed by atoms with Crippen LogP contribution in [-0.2, 0) is 4.57 Å². The van der Waals surface area contributed by atoms with E-state index < -0.39 is 13.0 Å². The fourth-order valence-electron chi connectivity index (χ4n) is 4.36. The van der Waals surface area contributed by atoms with Crippen LogP contribution in [0.25, 0.3) is 0 Å². The minimum Gasteiger partial charge on any atom is -0.497 e. The van der Waals surface area contributed by atoms with E-state index in [0.29, 0.717) is 33.4 Å². The van der Waals surface area contributed by atoms with Gasteiger partial charge in [0, 0.05) is 28.8 Å². The number of carbonyl (C=O) groups excluding carboxylic acids is 2. The normalized spacial score (nSPS) is 11.0. The van der Waals surface area contributed by atoms with Gasteiger partial charge in [0.25, 0.3) is 5.91 Å². The molecule has 0 aliphatic heterocycles. The topological polar surface area (TPSA) is 82.1 Å². The Bertz CT molecular complexity index is 1460. The molecule has 1 amide bonds. The van der Waals surface area contributed by atoms with Crippen molar-refractivity contribution < 1.29 is 28.4 Å². The number of benzene rings is 4. The lowest BCUT2D eigenvalue weighted by atomic mass is 9.96. The lowest BCUT2D eigenvalue weighted by Crippen LogP contribution is -2.33. The first-order valence-corrected chi connectivity index (χ1v) is 14.1. The van der Waals surface area contributed by atoms with E-state index in [1.165, 1.54) is 31.3 Å². The Kier molecular flexibility index (Phi) is 8.52. The number of ether oxygens (including phenoxy) is 3. The fraction of sp³-hybridized carbons (Fsp3) is 0.161. The summed E-state index contributed by atoms with van der Waals surface area (Å²) in [5.41, 5.74) is 0.631. The molecular formula is C31H30NO6P. The van der Waals surface area contributed by atoms with Crippen molar-refractivity contribution in [1.82, 2.24) is 4.90 Å². The zero-order valence-corrected chi connectivity index (χ0v) is 23.2. The summed E-state index contributed by atoms with van der Waals surface area (Å²) >= 11 is 0. The Morgan fingerprint density at radius 1 is 0.692 bits per heavy atom. The highest BCUT2D eigenvalue weighted by molar-refractivity contribution is 7.78. The maximum Gasteiger partial charge on any atom is 0.254 e. The van der Waals surface area contributed by atoms with Gasteiger partial charge in [-0.1, -0.05) is 60.7 Å². The lowest BCUT2D eigenvalue weighted by Gasteiger charge is -2.26. The van der Waals surface area contributed by atoms with Gasteiger partial charge in [-0.3, -0.25) is 9.59 Å². The molecular weight excluding hydrogens is 513 g/mol. The number of hydrogen-bond donors (Lipinski definition) is 0. The van der Waals surface area contributed by atoms with Gasteiger partial charge in [-0.05, 0) is 36.4 Å². The van der Waals surface area contributed by atoms with Gasteiger partial charge in [0.05, 0.1) is 33.2 Å². The second-order valence-corrected chi connectivity index (χ2v) is 11.7. The van der Waals surface area contributed by atoms with Crippen molar-refractivity contribution in [2.75, 3.05) is 34.7 Å². The van der Waals surface area contributed by atoms with Gasteiger partial charge in [-0.15, -0.1) is 0 Å². The van der Waals surface area contributed by atoms with Crippen LogP contribution < -0.4 is 24.8 Å². The average Bonchev–Trinajstić information content (AvgIpc) is 3.00. The van der Waals surface area contributed by atoms with Crippen LogP contribution in [0.15, 0.2) is 97.1 Å². The van der Waals surface area contributed by atoms with Crippen molar-refractivity contribution in [1.29, 1.82) is 0 Å². The van der Waals surface area contributed by atoms with Crippen LogP contribution in [-0.4, -0.2) is 51.3 Å². The lowest BCUT2D eigenvalue weighted by molar-refractivity contribution is 0.0812. The van der Waals surface area contributed by atoms with Crippen molar-refractivity contribution in [2.24, 2.45) is 0 Å². The second-order valence-electron chi connectivity index (χ2n) is 8.87. The number of methoxy groups -OCH3 is 3. The molecule has 0 atom stereocenters. The molecule has 39 heavy (non-hydrogen) atoms. The van der Waals surface area contributed by atoms with Gasteiger partial charge < -0.3 is 23.7 Å². The van der Waals surface area contributed by atoms with Gasteiger partial charge in [0.2, 0.25) is 0 Å². The quantitative estimate of drug-likeness (QED) is 0.207. The van der Waals surface area contributed by atoms with Gasteiger partial charge in [0.1, 0.15) is 5.75 Å². The second kappa shape index (κ2) is 12.0. The number of nitrogens with zero attached hydrogens (tertiary/aromatic N) is 1. The predicted molar refractivity (Wildman–Crippen MR) is 153 cm³/mol. The molecule has 200 valence electrons. The number of carbonyl (C=O) groups is 2. The summed E-state index contributed by atoms with van der Waals surface area (Å²) in [6, 6.07) is 27.9. The highest BCUT2D eigenvalue weighted by Crippen LogP contribution is 2.44. The third kappa shape index (κ3) is 5.74. The van der Waals surface area contributed by atoms with Crippen LogP contribution in [0, 0.1) is 0 Å². The Labute approximate surface area is 228 Å². The van der Waals surface area contributed by atoms with Crippen molar-refractivity contribution in [3.05, 3.63) is 114 Å². The summed E-state index contributed by atoms with van der Waals surface area (Å²) < 4.78 is 30.6. The van der Waals surface area contributed by atoms with Crippen molar-refractivity contribution in [2.45, 2.75) is 0 Å². The third-order valence-corrected chi connectivity index (χ3v) is 9.54. The van der Waals surface area contributed by atoms with Crippen LogP contribution in [0.2, 0.25) is 0 Å². The highest BCUT2D eigenvalue weighted by Gasteiger charge is 2.32. The molecule has 0 aliphatic carbocycles. The summed E-state index contributed by atoms with van der Waals surface area (Å²) in [6.07, 6.45) is -0.0651. The Morgan fingerprint density at radius 3 is 1.64 bits per heavy atom. The molecule has 0 N–H and O–H groups in total. The zero-order chi connectivity index (χ0) is 28.0. The van der Waals surface area contributed by atoms with Crippen LogP contribution in [0.3, 0.4) is 0 Å². The summed E-state index contributed by atoms with van der Waals surface area (Å²) in [7, 11) is 2.80. The molecule has 0 spiro atoms. The zero-order valence-electron chi connectivity index (χ0n) is 22.3. The number of rotatable bonds is 10. The van der Waals surface area contributed by atoms with Gasteiger partial charge >= 0.3 is 0 Å². The van der Waals surface area contributed by atoms with Gasteiger partial charge in [-0.2, -0.15) is 0 Å². The van der Waals surface area contributed by atoms with E-state index in [1.807, 2.05) is 36.4 Å². The maximum absolute atomic E-state index is 14.6. The van der Waals surface area contributed by atoms with Gasteiger partial charge in [0.15, 0.2) is 24.4 Å². The van der Waals surface area contributed by atoms with Crippen molar-refractivity contribution in [3.63, 3.8) is 0 Å². The number of amides is 1. The molecule has 0 fully saturated rings. The molecule has 0 heterocycles. The molecule has 0 unspecified atom stereocenters. The van der Waals surface area contributed by atoms with E-state index in [0.717, 1.165) is 0 Å². The molecule has 0 bridgehead atoms. The first-order valence-electron chi connectivity index (χ1n) is 12.2. The molecule has 0 aromatic heterocycles. The average molecular weight is 544 g/mol. The molecule has 0 aliphatic rings. The van der Waals surface area contributed by atoms with E-state index in [1.54, 1.807) is 62.7 Å². The smallest absolute Gasteiger partial charge is 0.254 e. The highest BCUT2D eigenvalue weighted by atomic mass is 31.2. The van der Waals surface area contributed by atoms with E-state index in [9.17, 15) is 14.2 Å². The monoisotopic (exact) mass is 543 g/mol. The first-order chi connectivity index (χ1) is 18.8. The maximum atomic E-state index is 14.6. The summed E-state index contributed by atoms with van der Waals surface area (Å²) in [6.45, 7) is 0. The van der Waals surface area contributed by atoms with Crippen molar-refractivity contribution >= 4 is 29.4 Å². The predicted octanol–water partition coefficient (Wildman–Crippen LogP) is 4.99. The van der Waals surface area contributed by atoms with E-state index >= 15 is 0 Å². The molecule has 7 nitrogen and oxygen atoms in total. The number of ketones is 1. The summed E-state index contributed by atoms with van der Waals surface area (Å²) in [4.78, 5) is 29.0. The molecule has 4 aromatic carbocycles. The van der Waals surface area contributed by atoms with Crippen molar-refractivity contribution in [3.8, 4) is 17.2 Å². The van der Waals surface area contributed by atoms with Crippen LogP contribution in [0.1, 0.15) is 26.3 Å². The van der Waals surface area contributed by atoms with E-state index in [4.69, 9.17) is 14.2 Å². The first kappa shape index (κ1) is 27.7.